The van der Waals surface area contributed by atoms with Crippen molar-refractivity contribution in [3.8, 4) is 33.4 Å². The van der Waals surface area contributed by atoms with Crippen LogP contribution in [0.3, 0.4) is 0 Å². The molecule has 0 saturated heterocycles. The molecule has 0 aliphatic heterocycles. The van der Waals surface area contributed by atoms with Crippen LogP contribution in [0, 0.1) is 23.2 Å². The molecule has 0 N–H and O–H groups in total. The van der Waals surface area contributed by atoms with E-state index in [0.717, 1.165) is 17.8 Å². The van der Waals surface area contributed by atoms with Gasteiger partial charge >= 0.3 is 0 Å². The fourth-order valence-corrected chi connectivity index (χ4v) is 14.2. The van der Waals surface area contributed by atoms with Crippen molar-refractivity contribution in [1.29, 1.82) is 0 Å². The third-order valence-electron chi connectivity index (χ3n) is 16.8. The second-order valence-corrected chi connectivity index (χ2v) is 20.3. The van der Waals surface area contributed by atoms with Gasteiger partial charge in [-0.05, 0) is 157 Å². The number of fused-ring (bicyclic) bond motifs is 10. The summed E-state index contributed by atoms with van der Waals surface area (Å²) in [5.74, 6) is 2.30. The molecule has 59 heavy (non-hydrogen) atoms. The van der Waals surface area contributed by atoms with Crippen LogP contribution in [0.25, 0.3) is 44.2 Å². The Kier molecular flexibility index (Phi) is 6.69. The van der Waals surface area contributed by atoms with Crippen LogP contribution in [0.15, 0.2) is 163 Å². The number of allylic oxidation sites excluding steroid dienone is 2. The summed E-state index contributed by atoms with van der Waals surface area (Å²) in [6.45, 7) is 9.84. The Morgan fingerprint density at radius 3 is 2.00 bits per heavy atom. The van der Waals surface area contributed by atoms with E-state index in [4.69, 9.17) is 0 Å². The van der Waals surface area contributed by atoms with E-state index in [9.17, 15) is 0 Å². The average Bonchev–Trinajstić information content (AvgIpc) is 3.90. The minimum atomic E-state index is 0.0519. The van der Waals surface area contributed by atoms with Gasteiger partial charge in [-0.15, -0.1) is 0 Å². The molecule has 1 heteroatoms. The molecule has 3 saturated carbocycles. The van der Waals surface area contributed by atoms with Gasteiger partial charge in [-0.25, -0.2) is 0 Å². The lowest BCUT2D eigenvalue weighted by Gasteiger charge is -2.74. The standard InChI is InChI=1S/C58H51N/c1-55(2)29-30-56(3,4)54-50(55)17-10-18-51(54)59(42-25-23-38(24-26-42)37-19-21-40(22-20-37)45-15-9-12-39-11-5-6-13-44(39)45)43-27-28-49-47(34-43)46-14-7-8-16-48(46)58(49)52-32-36-31-41-33-53(58)57(41,52)35-36/h5-28,31,34,36,52-53H,29-30,32-33,35H2,1-4H3. The fraction of sp³-hybridized carbons (Fsp3) is 0.276. The molecule has 2 bridgehead atoms. The van der Waals surface area contributed by atoms with Gasteiger partial charge in [0.2, 0.25) is 0 Å². The van der Waals surface area contributed by atoms with Gasteiger partial charge in [0, 0.05) is 22.2 Å². The summed E-state index contributed by atoms with van der Waals surface area (Å²) in [5, 5.41) is 2.57. The van der Waals surface area contributed by atoms with E-state index in [2.05, 4.69) is 190 Å². The lowest BCUT2D eigenvalue weighted by molar-refractivity contribution is -0.130. The van der Waals surface area contributed by atoms with Gasteiger partial charge in [-0.2, -0.15) is 0 Å². The van der Waals surface area contributed by atoms with Gasteiger partial charge in [-0.3, -0.25) is 0 Å². The molecular weight excluding hydrogens is 711 g/mol. The van der Waals surface area contributed by atoms with Crippen LogP contribution in [0.5, 0.6) is 0 Å². The third-order valence-corrected chi connectivity index (χ3v) is 16.8. The molecule has 0 amide bonds. The molecule has 13 rings (SSSR count). The minimum absolute atomic E-state index is 0.0519. The lowest BCUT2D eigenvalue weighted by Crippen LogP contribution is -2.71. The van der Waals surface area contributed by atoms with E-state index in [1.54, 1.807) is 11.1 Å². The van der Waals surface area contributed by atoms with E-state index in [1.807, 2.05) is 5.57 Å². The molecule has 288 valence electrons. The van der Waals surface area contributed by atoms with Crippen molar-refractivity contribution in [2.24, 2.45) is 23.2 Å². The summed E-state index contributed by atoms with van der Waals surface area (Å²) in [7, 11) is 0. The van der Waals surface area contributed by atoms with Crippen LogP contribution in [0.1, 0.15) is 82.1 Å². The predicted molar refractivity (Wildman–Crippen MR) is 246 cm³/mol. The summed E-state index contributed by atoms with van der Waals surface area (Å²) < 4.78 is 0. The van der Waals surface area contributed by atoms with E-state index < -0.39 is 0 Å². The average molecular weight is 762 g/mol. The number of rotatable bonds is 5. The van der Waals surface area contributed by atoms with Crippen molar-refractivity contribution in [1.82, 2.24) is 0 Å². The predicted octanol–water partition coefficient (Wildman–Crippen LogP) is 15.2. The Balaban J connectivity index is 0.940. The monoisotopic (exact) mass is 761 g/mol. The lowest BCUT2D eigenvalue weighted by atomic mass is 9.28. The Morgan fingerprint density at radius 1 is 0.525 bits per heavy atom. The van der Waals surface area contributed by atoms with Crippen LogP contribution in [-0.4, -0.2) is 0 Å². The Bertz CT molecular complexity index is 2940. The van der Waals surface area contributed by atoms with Crippen LogP contribution in [0.4, 0.5) is 17.1 Å². The highest BCUT2D eigenvalue weighted by molar-refractivity contribution is 5.97. The summed E-state index contributed by atoms with van der Waals surface area (Å²) in [5.41, 5.74) is 20.6. The summed E-state index contributed by atoms with van der Waals surface area (Å²) in [6.07, 6.45) is 9.13. The molecule has 3 fully saturated rings. The Hall–Kier alpha value is -5.66. The maximum absolute atomic E-state index is 2.68. The van der Waals surface area contributed by atoms with Crippen LogP contribution >= 0.6 is 0 Å². The molecule has 5 atom stereocenters. The second kappa shape index (κ2) is 11.5. The highest BCUT2D eigenvalue weighted by Crippen LogP contribution is 2.88. The largest absolute Gasteiger partial charge is 0.310 e. The van der Waals surface area contributed by atoms with Crippen LogP contribution < -0.4 is 4.90 Å². The van der Waals surface area contributed by atoms with Crippen molar-refractivity contribution in [2.45, 2.75) is 76.0 Å². The molecule has 5 unspecified atom stereocenters. The van der Waals surface area contributed by atoms with Crippen molar-refractivity contribution in [3.05, 3.63) is 186 Å². The van der Waals surface area contributed by atoms with Gasteiger partial charge in [-0.1, -0.05) is 161 Å². The zero-order chi connectivity index (χ0) is 39.5. The minimum Gasteiger partial charge on any atom is -0.310 e. The third kappa shape index (κ3) is 4.31. The van der Waals surface area contributed by atoms with E-state index in [-0.39, 0.29) is 16.2 Å². The number of nitrogens with zero attached hydrogens (tertiary/aromatic N) is 1. The zero-order valence-electron chi connectivity index (χ0n) is 34.7. The quantitative estimate of drug-likeness (QED) is 0.158. The number of benzene rings is 7. The smallest absolute Gasteiger partial charge is 0.0502 e. The first-order valence-corrected chi connectivity index (χ1v) is 22.3. The highest BCUT2D eigenvalue weighted by Gasteiger charge is 2.82. The zero-order valence-corrected chi connectivity index (χ0v) is 34.7. The summed E-state index contributed by atoms with van der Waals surface area (Å²) >= 11 is 0. The molecule has 6 aliphatic carbocycles. The molecule has 7 aromatic carbocycles. The first-order chi connectivity index (χ1) is 28.7. The Labute approximate surface area is 349 Å². The fourth-order valence-electron chi connectivity index (χ4n) is 14.2. The number of hydrogen-bond acceptors (Lipinski definition) is 1. The highest BCUT2D eigenvalue weighted by atomic mass is 15.1. The molecular formula is C58H51N. The maximum Gasteiger partial charge on any atom is 0.0502 e. The molecule has 6 aliphatic rings. The summed E-state index contributed by atoms with van der Waals surface area (Å²) in [6, 6.07) is 58.1. The first-order valence-electron chi connectivity index (χ1n) is 22.3. The molecule has 0 aromatic heterocycles. The van der Waals surface area contributed by atoms with Crippen molar-refractivity contribution in [2.75, 3.05) is 4.90 Å². The van der Waals surface area contributed by atoms with Crippen molar-refractivity contribution in [3.63, 3.8) is 0 Å². The van der Waals surface area contributed by atoms with Gasteiger partial charge in [0.1, 0.15) is 0 Å². The number of hydrogen-bond donors (Lipinski definition) is 0. The van der Waals surface area contributed by atoms with E-state index in [1.165, 1.54) is 104 Å². The van der Waals surface area contributed by atoms with E-state index >= 15 is 0 Å². The van der Waals surface area contributed by atoms with E-state index in [0.29, 0.717) is 5.41 Å². The van der Waals surface area contributed by atoms with Gasteiger partial charge in [0.05, 0.1) is 5.69 Å². The van der Waals surface area contributed by atoms with Crippen molar-refractivity contribution >= 4 is 27.8 Å². The van der Waals surface area contributed by atoms with Crippen LogP contribution in [-0.2, 0) is 16.2 Å². The van der Waals surface area contributed by atoms with Crippen LogP contribution in [0.2, 0.25) is 0 Å². The molecule has 7 aromatic rings. The SMILES string of the molecule is CC1(C)CCC(C)(C)c2c(N(c3ccc(-c4ccc(-c5cccc6ccccc56)cc4)cc3)c3ccc4c(c3)-c3ccccc3C43C4CC5=CC6CC3C54C6)cccc21. The second-order valence-electron chi connectivity index (χ2n) is 20.3. The summed E-state index contributed by atoms with van der Waals surface area (Å²) in [4.78, 5) is 2.60. The van der Waals surface area contributed by atoms with Crippen molar-refractivity contribution < 1.29 is 0 Å². The van der Waals surface area contributed by atoms with Gasteiger partial charge in [0.15, 0.2) is 0 Å². The molecule has 0 heterocycles. The topological polar surface area (TPSA) is 3.24 Å². The van der Waals surface area contributed by atoms with Gasteiger partial charge in [0.25, 0.3) is 0 Å². The number of anilines is 3. The molecule has 0 radical (unpaired) electrons. The maximum atomic E-state index is 2.68. The van der Waals surface area contributed by atoms with Gasteiger partial charge < -0.3 is 4.90 Å². The molecule has 2 spiro atoms. The Morgan fingerprint density at radius 2 is 1.17 bits per heavy atom. The first kappa shape index (κ1) is 34.2. The normalized spacial score (nSPS) is 26.6. The molecule has 1 nitrogen and oxygen atoms in total.